The van der Waals surface area contributed by atoms with Crippen LogP contribution in [0.3, 0.4) is 0 Å². The average Bonchev–Trinajstić information content (AvgIpc) is 2.30. The van der Waals surface area contributed by atoms with Gasteiger partial charge in [0.15, 0.2) is 0 Å². The second kappa shape index (κ2) is 6.86. The summed E-state index contributed by atoms with van der Waals surface area (Å²) in [6.07, 6.45) is 4.95. The number of aliphatic carboxylic acids is 1. The van der Waals surface area contributed by atoms with E-state index < -0.39 is 5.97 Å². The van der Waals surface area contributed by atoms with E-state index >= 15 is 0 Å². The van der Waals surface area contributed by atoms with Crippen molar-refractivity contribution in [3.63, 3.8) is 0 Å². The van der Waals surface area contributed by atoms with Gasteiger partial charge in [-0.3, -0.25) is 9.69 Å². The van der Waals surface area contributed by atoms with E-state index in [4.69, 9.17) is 0 Å². The summed E-state index contributed by atoms with van der Waals surface area (Å²) >= 11 is 0. The second-order valence-corrected chi connectivity index (χ2v) is 4.64. The molecular formula is C12H24N2O2. The first-order chi connectivity index (χ1) is 7.66. The summed E-state index contributed by atoms with van der Waals surface area (Å²) < 4.78 is 0. The van der Waals surface area contributed by atoms with E-state index in [0.29, 0.717) is 6.04 Å². The highest BCUT2D eigenvalue weighted by Crippen LogP contribution is 2.16. The molecule has 1 aliphatic heterocycles. The Kier molecular flexibility index (Phi) is 5.77. The van der Waals surface area contributed by atoms with Gasteiger partial charge in [0.2, 0.25) is 0 Å². The van der Waals surface area contributed by atoms with Gasteiger partial charge in [-0.05, 0) is 39.4 Å². The Labute approximate surface area is 98.0 Å². The molecule has 1 unspecified atom stereocenters. The van der Waals surface area contributed by atoms with E-state index in [1.165, 1.54) is 0 Å². The summed E-state index contributed by atoms with van der Waals surface area (Å²) in [5.41, 5.74) is 0. The van der Waals surface area contributed by atoms with Crippen molar-refractivity contribution in [1.82, 2.24) is 10.2 Å². The number of hydrogen-bond acceptors (Lipinski definition) is 3. The lowest BCUT2D eigenvalue weighted by atomic mass is 10.0. The number of carbonyl (C=O) groups is 1. The third kappa shape index (κ3) is 3.76. The molecule has 94 valence electrons. The van der Waals surface area contributed by atoms with Crippen molar-refractivity contribution >= 4 is 5.97 Å². The minimum absolute atomic E-state index is 0.303. The largest absolute Gasteiger partial charge is 0.480 e. The van der Waals surface area contributed by atoms with Crippen molar-refractivity contribution in [2.45, 2.75) is 51.1 Å². The fourth-order valence-corrected chi connectivity index (χ4v) is 2.37. The Hall–Kier alpha value is -0.610. The molecule has 1 rings (SSSR count). The quantitative estimate of drug-likeness (QED) is 0.720. The van der Waals surface area contributed by atoms with E-state index in [1.807, 2.05) is 7.05 Å². The number of rotatable bonds is 6. The fraction of sp³-hybridized carbons (Fsp3) is 0.917. The number of hydrogen-bond donors (Lipinski definition) is 2. The summed E-state index contributed by atoms with van der Waals surface area (Å²) in [5, 5.41) is 12.6. The van der Waals surface area contributed by atoms with Gasteiger partial charge in [-0.15, -0.1) is 0 Å². The molecule has 0 bridgehead atoms. The molecule has 0 aromatic rings. The van der Waals surface area contributed by atoms with Gasteiger partial charge in [0.1, 0.15) is 6.04 Å². The molecule has 1 heterocycles. The predicted octanol–water partition coefficient (Wildman–Crippen LogP) is 1.31. The molecule has 2 N–H and O–H groups in total. The highest BCUT2D eigenvalue weighted by molar-refractivity contribution is 5.73. The Morgan fingerprint density at radius 2 is 2.12 bits per heavy atom. The lowest BCUT2D eigenvalue weighted by Crippen LogP contribution is -2.48. The molecule has 1 fully saturated rings. The molecule has 4 heteroatoms. The fourth-order valence-electron chi connectivity index (χ4n) is 2.37. The number of nitrogens with one attached hydrogen (secondary N) is 1. The number of nitrogens with zero attached hydrogens (tertiary/aromatic N) is 1. The molecule has 0 radical (unpaired) electrons. The Bertz CT molecular complexity index is 215. The van der Waals surface area contributed by atoms with Crippen LogP contribution in [0.2, 0.25) is 0 Å². The van der Waals surface area contributed by atoms with E-state index in [9.17, 15) is 9.90 Å². The van der Waals surface area contributed by atoms with Gasteiger partial charge in [-0.1, -0.05) is 19.8 Å². The topological polar surface area (TPSA) is 52.6 Å². The van der Waals surface area contributed by atoms with Crippen LogP contribution in [0.4, 0.5) is 0 Å². The molecule has 1 aliphatic rings. The first-order valence-corrected chi connectivity index (χ1v) is 6.32. The Morgan fingerprint density at radius 3 is 2.62 bits per heavy atom. The molecule has 0 aromatic heterocycles. The number of piperidine rings is 1. The summed E-state index contributed by atoms with van der Waals surface area (Å²) in [6, 6.07) is 0.127. The summed E-state index contributed by atoms with van der Waals surface area (Å²) in [5.74, 6) is -0.672. The minimum Gasteiger partial charge on any atom is -0.480 e. The zero-order valence-corrected chi connectivity index (χ0v) is 10.4. The van der Waals surface area contributed by atoms with Gasteiger partial charge in [-0.25, -0.2) is 0 Å². The van der Waals surface area contributed by atoms with Crippen LogP contribution in [-0.4, -0.2) is 48.2 Å². The van der Waals surface area contributed by atoms with Crippen LogP contribution in [0.15, 0.2) is 0 Å². The van der Waals surface area contributed by atoms with Crippen molar-refractivity contribution in [2.24, 2.45) is 0 Å². The molecule has 0 spiro atoms. The van der Waals surface area contributed by atoms with Crippen molar-refractivity contribution in [2.75, 3.05) is 20.1 Å². The maximum Gasteiger partial charge on any atom is 0.320 e. The Balaban J connectivity index is 2.50. The van der Waals surface area contributed by atoms with Crippen molar-refractivity contribution in [3.8, 4) is 0 Å². The summed E-state index contributed by atoms with van der Waals surface area (Å²) in [7, 11) is 1.96. The zero-order valence-electron chi connectivity index (χ0n) is 10.4. The lowest BCUT2D eigenvalue weighted by Gasteiger charge is -2.35. The maximum absolute atomic E-state index is 11.2. The van der Waals surface area contributed by atoms with Crippen LogP contribution in [-0.2, 0) is 4.79 Å². The van der Waals surface area contributed by atoms with Crippen LogP contribution in [0.5, 0.6) is 0 Å². The molecule has 1 atom stereocenters. The van der Waals surface area contributed by atoms with Crippen LogP contribution in [0.1, 0.15) is 39.0 Å². The van der Waals surface area contributed by atoms with Crippen molar-refractivity contribution < 1.29 is 9.90 Å². The third-order valence-corrected chi connectivity index (χ3v) is 3.49. The van der Waals surface area contributed by atoms with E-state index in [-0.39, 0.29) is 6.04 Å². The molecule has 0 aromatic carbocycles. The summed E-state index contributed by atoms with van der Waals surface area (Å²) in [6.45, 7) is 4.12. The maximum atomic E-state index is 11.2. The van der Waals surface area contributed by atoms with Crippen LogP contribution >= 0.6 is 0 Å². The van der Waals surface area contributed by atoms with Gasteiger partial charge in [0, 0.05) is 6.04 Å². The monoisotopic (exact) mass is 228 g/mol. The minimum atomic E-state index is -0.672. The zero-order chi connectivity index (χ0) is 12.0. The average molecular weight is 228 g/mol. The molecule has 16 heavy (non-hydrogen) atoms. The molecule has 0 amide bonds. The van der Waals surface area contributed by atoms with Crippen molar-refractivity contribution in [3.05, 3.63) is 0 Å². The normalized spacial score (nSPS) is 19.9. The van der Waals surface area contributed by atoms with E-state index in [2.05, 4.69) is 17.1 Å². The Morgan fingerprint density at radius 1 is 1.50 bits per heavy atom. The third-order valence-electron chi connectivity index (χ3n) is 3.49. The summed E-state index contributed by atoms with van der Waals surface area (Å²) in [4.78, 5) is 13.3. The molecular weight excluding hydrogens is 204 g/mol. The van der Waals surface area contributed by atoms with Crippen LogP contribution in [0, 0.1) is 0 Å². The predicted molar refractivity (Wildman–Crippen MR) is 64.6 cm³/mol. The highest BCUT2D eigenvalue weighted by atomic mass is 16.4. The van der Waals surface area contributed by atoms with E-state index in [0.717, 1.165) is 45.2 Å². The van der Waals surface area contributed by atoms with E-state index in [1.54, 1.807) is 0 Å². The number of carboxylic acid groups (broad SMARTS) is 1. The molecule has 0 aliphatic carbocycles. The van der Waals surface area contributed by atoms with Gasteiger partial charge < -0.3 is 10.4 Å². The number of unbranched alkanes of at least 4 members (excludes halogenated alkanes) is 1. The SMILES string of the molecule is CCCCC(C(=O)O)N(C)C1CCNCC1. The molecule has 0 saturated carbocycles. The number of carboxylic acids is 1. The lowest BCUT2D eigenvalue weighted by molar-refractivity contribution is -0.144. The second-order valence-electron chi connectivity index (χ2n) is 4.64. The first-order valence-electron chi connectivity index (χ1n) is 6.32. The molecule has 1 saturated heterocycles. The smallest absolute Gasteiger partial charge is 0.320 e. The number of likely N-dealkylation sites (N-methyl/N-ethyl adjacent to an activating group) is 1. The van der Waals surface area contributed by atoms with Crippen LogP contribution in [0.25, 0.3) is 0 Å². The van der Waals surface area contributed by atoms with Crippen LogP contribution < -0.4 is 5.32 Å². The van der Waals surface area contributed by atoms with Crippen molar-refractivity contribution in [1.29, 1.82) is 0 Å². The standard InChI is InChI=1S/C12H24N2O2/c1-3-4-5-11(12(15)16)14(2)10-6-8-13-9-7-10/h10-11,13H,3-9H2,1-2H3,(H,15,16). The van der Waals surface area contributed by atoms with Gasteiger partial charge in [-0.2, -0.15) is 0 Å². The van der Waals surface area contributed by atoms with Gasteiger partial charge in [0.25, 0.3) is 0 Å². The van der Waals surface area contributed by atoms with Gasteiger partial charge in [0.05, 0.1) is 0 Å². The van der Waals surface area contributed by atoms with Gasteiger partial charge >= 0.3 is 5.97 Å². The molecule has 4 nitrogen and oxygen atoms in total. The first kappa shape index (κ1) is 13.5. The highest BCUT2D eigenvalue weighted by Gasteiger charge is 2.28.